The van der Waals surface area contributed by atoms with Gasteiger partial charge < -0.3 is 14.6 Å². The third-order valence-corrected chi connectivity index (χ3v) is 5.00. The maximum Gasteiger partial charge on any atom is 0.259 e. The molecule has 0 unspecified atom stereocenters. The van der Waals surface area contributed by atoms with Crippen LogP contribution in [-0.2, 0) is 0 Å². The largest absolute Gasteiger partial charge is 0.496 e. The summed E-state index contributed by atoms with van der Waals surface area (Å²) in [5, 5.41) is 3.09. The molecule has 0 radical (unpaired) electrons. The van der Waals surface area contributed by atoms with Crippen LogP contribution in [0.15, 0.2) is 49.1 Å². The second kappa shape index (κ2) is 7.40. The van der Waals surface area contributed by atoms with Crippen molar-refractivity contribution in [3.63, 3.8) is 0 Å². The van der Waals surface area contributed by atoms with E-state index in [9.17, 15) is 9.18 Å². The van der Waals surface area contributed by atoms with Crippen LogP contribution < -0.4 is 10.1 Å². The van der Waals surface area contributed by atoms with Crippen molar-refractivity contribution < 1.29 is 13.9 Å². The molecule has 0 bridgehead atoms. The lowest BCUT2D eigenvalue weighted by molar-refractivity contribution is 0.102. The molecule has 0 saturated carbocycles. The zero-order valence-corrected chi connectivity index (χ0v) is 15.9. The Hall–Kier alpha value is -2.13. The SMILES string of the molecule is COc1cc(I)c(Cl)cc1C(=O)Nc1ccc(-n2ccnc2)c(F)c1. The molecule has 1 amide bonds. The third kappa shape index (κ3) is 3.77. The normalized spacial score (nSPS) is 10.6. The van der Waals surface area contributed by atoms with Gasteiger partial charge in [0.05, 0.1) is 29.7 Å². The van der Waals surface area contributed by atoms with Crippen molar-refractivity contribution in [3.05, 3.63) is 69.0 Å². The van der Waals surface area contributed by atoms with Crippen LogP contribution in [0, 0.1) is 9.39 Å². The molecule has 128 valence electrons. The molecule has 1 N–H and O–H groups in total. The van der Waals surface area contributed by atoms with Crippen LogP contribution in [0.5, 0.6) is 5.75 Å². The molecular formula is C17H12ClFIN3O2. The fraction of sp³-hybridized carbons (Fsp3) is 0.0588. The fourth-order valence-electron chi connectivity index (χ4n) is 2.27. The van der Waals surface area contributed by atoms with Crippen LogP contribution in [0.3, 0.4) is 0 Å². The molecule has 25 heavy (non-hydrogen) atoms. The Bertz CT molecular complexity index is 932. The first-order valence-electron chi connectivity index (χ1n) is 7.12. The molecule has 1 heterocycles. The van der Waals surface area contributed by atoms with Crippen LogP contribution in [0.2, 0.25) is 5.02 Å². The number of nitrogens with zero attached hydrogens (tertiary/aromatic N) is 2. The topological polar surface area (TPSA) is 56.1 Å². The minimum absolute atomic E-state index is 0.270. The number of anilines is 1. The summed E-state index contributed by atoms with van der Waals surface area (Å²) in [6.45, 7) is 0. The molecule has 1 aromatic heterocycles. The van der Waals surface area contributed by atoms with E-state index in [1.165, 1.54) is 25.6 Å². The monoisotopic (exact) mass is 471 g/mol. The number of methoxy groups -OCH3 is 1. The molecule has 3 rings (SSSR count). The Balaban J connectivity index is 1.87. The van der Waals surface area contributed by atoms with E-state index in [-0.39, 0.29) is 5.56 Å². The molecular weight excluding hydrogens is 460 g/mol. The molecule has 0 aliphatic carbocycles. The fourth-order valence-corrected chi connectivity index (χ4v) is 2.87. The number of carbonyl (C=O) groups is 1. The number of benzene rings is 2. The van der Waals surface area contributed by atoms with E-state index in [1.807, 2.05) is 22.6 Å². The standard InChI is InChI=1S/C17H12ClFIN3O2/c1-25-16-8-14(20)12(18)7-11(16)17(24)22-10-2-3-15(13(19)6-10)23-5-4-21-9-23/h2-9H,1H3,(H,22,24). The lowest BCUT2D eigenvalue weighted by atomic mass is 10.1. The molecule has 0 fully saturated rings. The Kier molecular flexibility index (Phi) is 5.24. The molecule has 0 atom stereocenters. The average molecular weight is 472 g/mol. The highest BCUT2D eigenvalue weighted by atomic mass is 127. The first-order chi connectivity index (χ1) is 12.0. The summed E-state index contributed by atoms with van der Waals surface area (Å²) in [7, 11) is 1.47. The number of halogens is 3. The second-order valence-corrected chi connectivity index (χ2v) is 6.63. The summed E-state index contributed by atoms with van der Waals surface area (Å²) in [5.74, 6) is -0.532. The van der Waals surface area contributed by atoms with E-state index in [0.717, 1.165) is 3.57 Å². The zero-order valence-electron chi connectivity index (χ0n) is 13.0. The Morgan fingerprint density at radius 2 is 2.16 bits per heavy atom. The molecule has 3 aromatic rings. The Morgan fingerprint density at radius 3 is 2.80 bits per heavy atom. The first kappa shape index (κ1) is 17.7. The minimum atomic E-state index is -0.483. The second-order valence-electron chi connectivity index (χ2n) is 5.06. The van der Waals surface area contributed by atoms with Gasteiger partial charge in [-0.25, -0.2) is 9.37 Å². The quantitative estimate of drug-likeness (QED) is 0.569. The lowest BCUT2D eigenvalue weighted by Gasteiger charge is -2.12. The van der Waals surface area contributed by atoms with Crippen molar-refractivity contribution in [1.29, 1.82) is 0 Å². The van der Waals surface area contributed by atoms with Gasteiger partial charge in [-0.1, -0.05) is 11.6 Å². The predicted molar refractivity (Wildman–Crippen MR) is 102 cm³/mol. The van der Waals surface area contributed by atoms with Crippen molar-refractivity contribution in [2.45, 2.75) is 0 Å². The number of carbonyl (C=O) groups excluding carboxylic acids is 1. The number of imidazole rings is 1. The van der Waals surface area contributed by atoms with Gasteiger partial charge in [0, 0.05) is 21.7 Å². The number of amides is 1. The van der Waals surface area contributed by atoms with Gasteiger partial charge in [-0.05, 0) is 52.9 Å². The van der Waals surface area contributed by atoms with Gasteiger partial charge in [0.2, 0.25) is 0 Å². The number of aromatic nitrogens is 2. The van der Waals surface area contributed by atoms with E-state index < -0.39 is 11.7 Å². The van der Waals surface area contributed by atoms with E-state index in [0.29, 0.717) is 22.1 Å². The van der Waals surface area contributed by atoms with Gasteiger partial charge in [0.1, 0.15) is 11.6 Å². The van der Waals surface area contributed by atoms with Gasteiger partial charge in [-0.2, -0.15) is 0 Å². The number of hydrogen-bond acceptors (Lipinski definition) is 3. The maximum atomic E-state index is 14.3. The number of hydrogen-bond donors (Lipinski definition) is 1. The zero-order chi connectivity index (χ0) is 18.0. The van der Waals surface area contributed by atoms with Crippen LogP contribution in [0.1, 0.15) is 10.4 Å². The van der Waals surface area contributed by atoms with Gasteiger partial charge in [-0.3, -0.25) is 4.79 Å². The molecule has 0 aliphatic rings. The molecule has 0 spiro atoms. The van der Waals surface area contributed by atoms with E-state index >= 15 is 0 Å². The summed E-state index contributed by atoms with van der Waals surface area (Å²) in [5.41, 5.74) is 0.931. The van der Waals surface area contributed by atoms with Crippen molar-refractivity contribution in [3.8, 4) is 11.4 Å². The Labute approximate surface area is 161 Å². The highest BCUT2D eigenvalue weighted by Crippen LogP contribution is 2.29. The first-order valence-corrected chi connectivity index (χ1v) is 8.57. The molecule has 2 aromatic carbocycles. The van der Waals surface area contributed by atoms with Gasteiger partial charge in [0.25, 0.3) is 5.91 Å². The third-order valence-electron chi connectivity index (χ3n) is 3.48. The van der Waals surface area contributed by atoms with E-state index in [2.05, 4.69) is 10.3 Å². The predicted octanol–water partition coefficient (Wildman–Crippen LogP) is 4.53. The van der Waals surface area contributed by atoms with Crippen molar-refractivity contribution >= 4 is 45.8 Å². The van der Waals surface area contributed by atoms with Gasteiger partial charge in [-0.15, -0.1) is 0 Å². The van der Waals surface area contributed by atoms with Crippen LogP contribution in [0.4, 0.5) is 10.1 Å². The summed E-state index contributed by atoms with van der Waals surface area (Å²) < 4.78 is 21.8. The highest BCUT2D eigenvalue weighted by Gasteiger charge is 2.16. The summed E-state index contributed by atoms with van der Waals surface area (Å²) in [4.78, 5) is 16.4. The van der Waals surface area contributed by atoms with Crippen molar-refractivity contribution in [2.75, 3.05) is 12.4 Å². The van der Waals surface area contributed by atoms with Crippen molar-refractivity contribution in [1.82, 2.24) is 9.55 Å². The number of nitrogens with one attached hydrogen (secondary N) is 1. The number of ether oxygens (including phenoxy) is 1. The van der Waals surface area contributed by atoms with E-state index in [4.69, 9.17) is 16.3 Å². The molecule has 0 aliphatic heterocycles. The van der Waals surface area contributed by atoms with Crippen LogP contribution in [0.25, 0.3) is 5.69 Å². The summed E-state index contributed by atoms with van der Waals surface area (Å²) in [6, 6.07) is 7.60. The smallest absolute Gasteiger partial charge is 0.259 e. The van der Waals surface area contributed by atoms with E-state index in [1.54, 1.807) is 35.2 Å². The van der Waals surface area contributed by atoms with Crippen LogP contribution in [-0.4, -0.2) is 22.6 Å². The molecule has 0 saturated heterocycles. The molecule has 8 heteroatoms. The lowest BCUT2D eigenvalue weighted by Crippen LogP contribution is -2.14. The Morgan fingerprint density at radius 1 is 1.36 bits per heavy atom. The van der Waals surface area contributed by atoms with Gasteiger partial charge >= 0.3 is 0 Å². The highest BCUT2D eigenvalue weighted by molar-refractivity contribution is 14.1. The maximum absolute atomic E-state index is 14.3. The summed E-state index contributed by atoms with van der Waals surface area (Å²) >= 11 is 8.13. The van der Waals surface area contributed by atoms with Crippen molar-refractivity contribution in [2.24, 2.45) is 0 Å². The summed E-state index contributed by atoms with van der Waals surface area (Å²) in [6.07, 6.45) is 4.69. The number of rotatable bonds is 4. The minimum Gasteiger partial charge on any atom is -0.496 e. The molecule has 5 nitrogen and oxygen atoms in total. The van der Waals surface area contributed by atoms with Crippen LogP contribution >= 0.6 is 34.2 Å². The average Bonchev–Trinajstić information content (AvgIpc) is 3.11. The van der Waals surface area contributed by atoms with Gasteiger partial charge in [0.15, 0.2) is 0 Å².